The average molecular weight is 532 g/mol. The molecule has 0 N–H and O–H groups in total. The molecule has 0 amide bonds. The number of fused-ring (bicyclic) bond motifs is 3. The minimum Gasteiger partial charge on any atom is -0.465 e. The molecule has 5 aromatic carbocycles. The van der Waals surface area contributed by atoms with Crippen LogP contribution in [0.4, 0.5) is 0 Å². The number of nitrogens with zero attached hydrogens (tertiary/aromatic N) is 1. The number of para-hydroxylation sites is 1. The molecule has 1 aromatic heterocycles. The summed E-state index contributed by atoms with van der Waals surface area (Å²) in [6.07, 6.45) is 0. The molecule has 1 heterocycles. The van der Waals surface area contributed by atoms with E-state index in [2.05, 4.69) is 105 Å². The summed E-state index contributed by atoms with van der Waals surface area (Å²) in [4.78, 5) is 12.6. The van der Waals surface area contributed by atoms with E-state index in [9.17, 15) is 4.79 Å². The van der Waals surface area contributed by atoms with Crippen molar-refractivity contribution >= 4 is 43.7 Å². The smallest absolute Gasteiger partial charge is 0.338 e. The molecule has 0 spiro atoms. The highest BCUT2D eigenvalue weighted by atomic mass is 79.9. The van der Waals surface area contributed by atoms with Crippen LogP contribution in [0.15, 0.2) is 120 Å². The van der Waals surface area contributed by atoms with Crippen molar-refractivity contribution in [2.45, 2.75) is 0 Å². The zero-order valence-corrected chi connectivity index (χ0v) is 21.2. The Morgan fingerprint density at radius 3 is 2.19 bits per heavy atom. The second-order valence-electron chi connectivity index (χ2n) is 8.65. The van der Waals surface area contributed by atoms with Gasteiger partial charge < -0.3 is 9.30 Å². The molecular weight excluding hydrogens is 510 g/mol. The monoisotopic (exact) mass is 531 g/mol. The van der Waals surface area contributed by atoms with Crippen molar-refractivity contribution in [3.8, 4) is 27.9 Å². The molecule has 0 atom stereocenters. The van der Waals surface area contributed by atoms with E-state index in [0.717, 1.165) is 37.7 Å². The number of aromatic nitrogens is 1. The van der Waals surface area contributed by atoms with Crippen LogP contribution in [-0.4, -0.2) is 17.6 Å². The number of esters is 1. The van der Waals surface area contributed by atoms with Gasteiger partial charge in [0, 0.05) is 20.9 Å². The molecule has 6 aromatic rings. The Morgan fingerprint density at radius 1 is 0.694 bits per heavy atom. The molecule has 0 aliphatic rings. The fraction of sp³-hybridized carbons (Fsp3) is 0.0312. The molecule has 174 valence electrons. The zero-order chi connectivity index (χ0) is 24.6. The Balaban J connectivity index is 1.70. The van der Waals surface area contributed by atoms with E-state index in [1.54, 1.807) is 0 Å². The number of carbonyl (C=O) groups is 1. The van der Waals surface area contributed by atoms with E-state index < -0.39 is 0 Å². The van der Waals surface area contributed by atoms with Crippen LogP contribution in [0.2, 0.25) is 0 Å². The third-order valence-corrected chi connectivity index (χ3v) is 7.08. The van der Waals surface area contributed by atoms with Crippen molar-refractivity contribution in [2.75, 3.05) is 7.11 Å². The molecule has 3 nitrogen and oxygen atoms in total. The van der Waals surface area contributed by atoms with Gasteiger partial charge in [-0.15, -0.1) is 0 Å². The molecule has 0 saturated heterocycles. The number of halogens is 1. The van der Waals surface area contributed by atoms with Crippen molar-refractivity contribution in [3.05, 3.63) is 125 Å². The van der Waals surface area contributed by atoms with Crippen LogP contribution in [0.3, 0.4) is 0 Å². The van der Waals surface area contributed by atoms with Crippen LogP contribution in [0, 0.1) is 0 Å². The fourth-order valence-corrected chi connectivity index (χ4v) is 5.36. The highest BCUT2D eigenvalue weighted by Gasteiger charge is 2.19. The predicted octanol–water partition coefficient (Wildman–Crippen LogP) is 8.67. The standard InChI is InChI=1S/C32H22BrNO2/c1-36-32(35)28-20-23(33)16-18-25(28)22-15-17-27-30(19-22)34(24-11-6-3-7-12-24)29-14-8-13-26(31(27)29)21-9-4-2-5-10-21/h2-20H,1H3. The summed E-state index contributed by atoms with van der Waals surface area (Å²) in [7, 11) is 1.41. The van der Waals surface area contributed by atoms with Gasteiger partial charge in [0.25, 0.3) is 0 Å². The maximum atomic E-state index is 12.6. The Hall–Kier alpha value is -4.15. The lowest BCUT2D eigenvalue weighted by Gasteiger charge is -2.11. The van der Waals surface area contributed by atoms with Gasteiger partial charge in [-0.25, -0.2) is 4.79 Å². The van der Waals surface area contributed by atoms with Gasteiger partial charge in [0.2, 0.25) is 0 Å². The summed E-state index contributed by atoms with van der Waals surface area (Å²) in [5.74, 6) is -0.360. The highest BCUT2D eigenvalue weighted by Crippen LogP contribution is 2.40. The molecule has 4 heteroatoms. The van der Waals surface area contributed by atoms with Crippen molar-refractivity contribution in [3.63, 3.8) is 0 Å². The number of hydrogen-bond donors (Lipinski definition) is 0. The normalized spacial score (nSPS) is 11.2. The maximum Gasteiger partial charge on any atom is 0.338 e. The average Bonchev–Trinajstić information content (AvgIpc) is 3.27. The van der Waals surface area contributed by atoms with Crippen LogP contribution in [-0.2, 0) is 4.74 Å². The molecule has 6 rings (SSSR count). The topological polar surface area (TPSA) is 31.2 Å². The summed E-state index contributed by atoms with van der Waals surface area (Å²) < 4.78 is 8.22. The lowest BCUT2D eigenvalue weighted by molar-refractivity contribution is 0.0601. The first kappa shape index (κ1) is 22.3. The van der Waals surface area contributed by atoms with E-state index >= 15 is 0 Å². The Morgan fingerprint density at radius 2 is 1.44 bits per heavy atom. The second-order valence-corrected chi connectivity index (χ2v) is 9.57. The van der Waals surface area contributed by atoms with Gasteiger partial charge >= 0.3 is 5.97 Å². The Bertz CT molecular complexity index is 1740. The summed E-state index contributed by atoms with van der Waals surface area (Å²) in [6, 6.07) is 39.5. The van der Waals surface area contributed by atoms with E-state index in [1.807, 2.05) is 30.3 Å². The number of methoxy groups -OCH3 is 1. The quantitative estimate of drug-likeness (QED) is 0.213. The SMILES string of the molecule is COC(=O)c1cc(Br)ccc1-c1ccc2c3c(-c4ccccc4)cccc3n(-c3ccccc3)c2c1. The van der Waals surface area contributed by atoms with E-state index in [0.29, 0.717) is 5.56 Å². The van der Waals surface area contributed by atoms with Gasteiger partial charge in [-0.05, 0) is 58.7 Å². The zero-order valence-electron chi connectivity index (χ0n) is 19.6. The largest absolute Gasteiger partial charge is 0.465 e. The van der Waals surface area contributed by atoms with Gasteiger partial charge in [0.15, 0.2) is 0 Å². The lowest BCUT2D eigenvalue weighted by atomic mass is 9.96. The van der Waals surface area contributed by atoms with Crippen LogP contribution in [0.5, 0.6) is 0 Å². The number of hydrogen-bond acceptors (Lipinski definition) is 2. The minimum atomic E-state index is -0.360. The first-order valence-corrected chi connectivity index (χ1v) is 12.5. The molecular formula is C32H22BrNO2. The van der Waals surface area contributed by atoms with Gasteiger partial charge in [-0.2, -0.15) is 0 Å². The van der Waals surface area contributed by atoms with Crippen molar-refractivity contribution < 1.29 is 9.53 Å². The molecule has 36 heavy (non-hydrogen) atoms. The molecule has 0 aliphatic carbocycles. The Labute approximate surface area is 217 Å². The molecule has 0 bridgehead atoms. The summed E-state index contributed by atoms with van der Waals surface area (Å²) >= 11 is 3.49. The summed E-state index contributed by atoms with van der Waals surface area (Å²) in [5, 5.41) is 2.37. The summed E-state index contributed by atoms with van der Waals surface area (Å²) in [5.41, 5.74) is 7.99. The third-order valence-electron chi connectivity index (χ3n) is 6.59. The number of ether oxygens (including phenoxy) is 1. The number of benzene rings is 5. The van der Waals surface area contributed by atoms with Gasteiger partial charge in [-0.3, -0.25) is 0 Å². The second kappa shape index (κ2) is 9.14. The van der Waals surface area contributed by atoms with Crippen LogP contribution >= 0.6 is 15.9 Å². The predicted molar refractivity (Wildman–Crippen MR) is 151 cm³/mol. The van der Waals surface area contributed by atoms with Gasteiger partial charge in [-0.1, -0.05) is 94.8 Å². The van der Waals surface area contributed by atoms with E-state index in [1.165, 1.54) is 23.6 Å². The lowest BCUT2D eigenvalue weighted by Crippen LogP contribution is -2.03. The van der Waals surface area contributed by atoms with Crippen molar-refractivity contribution in [1.82, 2.24) is 4.57 Å². The first-order valence-electron chi connectivity index (χ1n) is 11.7. The molecule has 0 radical (unpaired) electrons. The molecule has 0 fully saturated rings. The highest BCUT2D eigenvalue weighted by molar-refractivity contribution is 9.10. The van der Waals surface area contributed by atoms with Crippen LogP contribution < -0.4 is 0 Å². The molecule has 0 aliphatic heterocycles. The van der Waals surface area contributed by atoms with Crippen molar-refractivity contribution in [1.29, 1.82) is 0 Å². The van der Waals surface area contributed by atoms with Gasteiger partial charge in [0.05, 0.1) is 23.7 Å². The maximum absolute atomic E-state index is 12.6. The number of rotatable bonds is 4. The molecule has 0 unspecified atom stereocenters. The first-order chi connectivity index (χ1) is 17.7. The third kappa shape index (κ3) is 3.71. The Kier molecular flexibility index (Phi) is 5.67. The number of carbonyl (C=O) groups excluding carboxylic acids is 1. The van der Waals surface area contributed by atoms with Crippen LogP contribution in [0.25, 0.3) is 49.7 Å². The van der Waals surface area contributed by atoms with Crippen LogP contribution in [0.1, 0.15) is 10.4 Å². The minimum absolute atomic E-state index is 0.360. The van der Waals surface area contributed by atoms with E-state index in [-0.39, 0.29) is 5.97 Å². The molecule has 0 saturated carbocycles. The fourth-order valence-electron chi connectivity index (χ4n) is 5.00. The summed E-state index contributed by atoms with van der Waals surface area (Å²) in [6.45, 7) is 0. The van der Waals surface area contributed by atoms with Crippen molar-refractivity contribution in [2.24, 2.45) is 0 Å². The van der Waals surface area contributed by atoms with Gasteiger partial charge in [0.1, 0.15) is 0 Å². The van der Waals surface area contributed by atoms with E-state index in [4.69, 9.17) is 4.74 Å².